The van der Waals surface area contributed by atoms with Gasteiger partial charge >= 0.3 is 10.1 Å². The molecule has 2 aromatic carbocycles. The van der Waals surface area contributed by atoms with Crippen LogP contribution in [0.2, 0.25) is 0 Å². The number of hydrogen-bond donors (Lipinski definition) is 2. The maximum Gasteiger partial charge on any atom is 0.339 e. The molecular formula is C27H36N4O4S2. The summed E-state index contributed by atoms with van der Waals surface area (Å²) >= 11 is 1.30. The molecule has 0 spiro atoms. The lowest BCUT2D eigenvalue weighted by Gasteiger charge is -2.39. The quantitative estimate of drug-likeness (QED) is 0.329. The number of carbonyl (C=O) groups excluding carboxylic acids is 1. The molecule has 37 heavy (non-hydrogen) atoms. The molecule has 1 fully saturated rings. The van der Waals surface area contributed by atoms with Gasteiger partial charge < -0.3 is 20.1 Å². The zero-order valence-electron chi connectivity index (χ0n) is 21.8. The number of nitrogens with zero attached hydrogens (tertiary/aromatic N) is 2. The Morgan fingerprint density at radius 3 is 2.41 bits per heavy atom. The molecule has 10 heteroatoms. The zero-order valence-corrected chi connectivity index (χ0v) is 23.4. The maximum atomic E-state index is 13.0. The summed E-state index contributed by atoms with van der Waals surface area (Å²) < 4.78 is 32.2. The Hall–Kier alpha value is -2.69. The van der Waals surface area contributed by atoms with Gasteiger partial charge in [0, 0.05) is 36.3 Å². The predicted octanol–water partition coefficient (Wildman–Crippen LogP) is 5.39. The second kappa shape index (κ2) is 11.4. The van der Waals surface area contributed by atoms with E-state index in [0.717, 1.165) is 36.1 Å². The first kappa shape index (κ1) is 27.3. The van der Waals surface area contributed by atoms with Crippen molar-refractivity contribution in [2.24, 2.45) is 17.6 Å². The van der Waals surface area contributed by atoms with Gasteiger partial charge in [-0.05, 0) is 69.0 Å². The summed E-state index contributed by atoms with van der Waals surface area (Å²) in [6.07, 6.45) is 3.98. The highest BCUT2D eigenvalue weighted by Crippen LogP contribution is 2.33. The molecule has 0 radical (unpaired) electrons. The highest BCUT2D eigenvalue weighted by Gasteiger charge is 2.25. The number of fused-ring (bicyclic) bond motifs is 1. The van der Waals surface area contributed by atoms with Gasteiger partial charge in [-0.25, -0.2) is 4.98 Å². The van der Waals surface area contributed by atoms with Crippen LogP contribution in [0.25, 0.3) is 10.2 Å². The van der Waals surface area contributed by atoms with Crippen molar-refractivity contribution in [2.75, 3.05) is 16.8 Å². The van der Waals surface area contributed by atoms with Crippen molar-refractivity contribution in [2.45, 2.75) is 70.4 Å². The number of aromatic nitrogens is 1. The average molecular weight is 545 g/mol. The minimum Gasteiger partial charge on any atom is -0.379 e. The first-order chi connectivity index (χ1) is 17.6. The third kappa shape index (κ3) is 6.25. The fourth-order valence-corrected chi connectivity index (χ4v) is 6.76. The van der Waals surface area contributed by atoms with Crippen molar-refractivity contribution in [1.82, 2.24) is 4.98 Å². The average Bonchev–Trinajstić information content (AvgIpc) is 3.51. The highest BCUT2D eigenvalue weighted by atomic mass is 32.2. The molecule has 1 aromatic heterocycles. The molecule has 3 N–H and O–H groups in total. The van der Waals surface area contributed by atoms with Crippen molar-refractivity contribution >= 4 is 48.4 Å². The van der Waals surface area contributed by atoms with E-state index < -0.39 is 10.1 Å². The third-order valence-electron chi connectivity index (χ3n) is 6.87. The van der Waals surface area contributed by atoms with Gasteiger partial charge in [0.1, 0.15) is 10.6 Å². The monoisotopic (exact) mass is 544 g/mol. The summed E-state index contributed by atoms with van der Waals surface area (Å²) in [6.45, 7) is 8.96. The van der Waals surface area contributed by atoms with Gasteiger partial charge in [0.05, 0.1) is 10.2 Å². The third-order valence-corrected chi connectivity index (χ3v) is 9.07. The number of anilines is 2. The minimum atomic E-state index is -4.04. The van der Waals surface area contributed by atoms with Crippen LogP contribution in [-0.4, -0.2) is 37.9 Å². The molecule has 1 unspecified atom stereocenters. The van der Waals surface area contributed by atoms with Crippen LogP contribution in [0.3, 0.4) is 0 Å². The molecule has 8 nitrogen and oxygen atoms in total. The summed E-state index contributed by atoms with van der Waals surface area (Å²) in [7, 11) is -4.04. The maximum absolute atomic E-state index is 13.0. The van der Waals surface area contributed by atoms with E-state index in [1.807, 2.05) is 0 Å². The van der Waals surface area contributed by atoms with Gasteiger partial charge in [0.25, 0.3) is 0 Å². The molecule has 200 valence electrons. The smallest absolute Gasteiger partial charge is 0.339 e. The standard InChI is InChI=1S/C27H36N4O4S2/c1-17(2)24(16-28)31(18(3)4)20-9-12-22(13-10-20)37(33,34)35-21-11-14-23-25(15-21)36-27(29-23)30-26(32)19-7-5-6-8-19/h9-15,17-19,24H,5-8,16,28H2,1-4H3,(H,29,30,32). The number of nitrogens with one attached hydrogen (secondary N) is 1. The van der Waals surface area contributed by atoms with E-state index in [9.17, 15) is 13.2 Å². The summed E-state index contributed by atoms with van der Waals surface area (Å²) in [5.74, 6) is 0.584. The lowest BCUT2D eigenvalue weighted by Crippen LogP contribution is -2.48. The number of carbonyl (C=O) groups is 1. The molecular weight excluding hydrogens is 508 g/mol. The molecule has 0 bridgehead atoms. The number of benzene rings is 2. The Kier molecular flexibility index (Phi) is 8.40. The molecule has 1 heterocycles. The number of amides is 1. The van der Waals surface area contributed by atoms with Crippen LogP contribution in [0.15, 0.2) is 47.4 Å². The van der Waals surface area contributed by atoms with E-state index >= 15 is 0 Å². The zero-order chi connectivity index (χ0) is 26.7. The largest absolute Gasteiger partial charge is 0.379 e. The van der Waals surface area contributed by atoms with Crippen molar-refractivity contribution in [3.05, 3.63) is 42.5 Å². The van der Waals surface area contributed by atoms with E-state index in [-0.39, 0.29) is 34.6 Å². The SMILES string of the molecule is CC(C)C(CN)N(c1ccc(S(=O)(=O)Oc2ccc3nc(NC(=O)C4CCCC4)sc3c2)cc1)C(C)C. The fourth-order valence-electron chi connectivity index (χ4n) is 4.94. The normalized spacial score (nSPS) is 15.4. The van der Waals surface area contributed by atoms with Gasteiger partial charge in [-0.2, -0.15) is 8.42 Å². The number of hydrogen-bond acceptors (Lipinski definition) is 8. The molecule has 0 aliphatic heterocycles. The molecule has 1 atom stereocenters. The van der Waals surface area contributed by atoms with Crippen LogP contribution in [-0.2, 0) is 14.9 Å². The first-order valence-corrected chi connectivity index (χ1v) is 15.1. The van der Waals surface area contributed by atoms with E-state index in [1.54, 1.807) is 42.5 Å². The van der Waals surface area contributed by atoms with Crippen LogP contribution in [0.5, 0.6) is 5.75 Å². The van der Waals surface area contributed by atoms with Crippen LogP contribution in [0.1, 0.15) is 53.4 Å². The van der Waals surface area contributed by atoms with Gasteiger partial charge in [0.2, 0.25) is 5.91 Å². The number of thiazole rings is 1. The van der Waals surface area contributed by atoms with Crippen LogP contribution in [0.4, 0.5) is 10.8 Å². The topological polar surface area (TPSA) is 115 Å². The van der Waals surface area contributed by atoms with Gasteiger partial charge in [0.15, 0.2) is 5.13 Å². The van der Waals surface area contributed by atoms with Gasteiger partial charge in [-0.3, -0.25) is 4.79 Å². The van der Waals surface area contributed by atoms with Crippen molar-refractivity contribution in [3.63, 3.8) is 0 Å². The van der Waals surface area contributed by atoms with Crippen LogP contribution >= 0.6 is 11.3 Å². The van der Waals surface area contributed by atoms with Crippen LogP contribution in [0, 0.1) is 11.8 Å². The van der Waals surface area contributed by atoms with E-state index in [0.29, 0.717) is 23.1 Å². The van der Waals surface area contributed by atoms with Gasteiger partial charge in [-0.15, -0.1) is 0 Å². The highest BCUT2D eigenvalue weighted by molar-refractivity contribution is 7.87. The molecule has 1 aliphatic rings. The Morgan fingerprint density at radius 1 is 1.14 bits per heavy atom. The Balaban J connectivity index is 1.49. The summed E-state index contributed by atoms with van der Waals surface area (Å²) in [4.78, 5) is 19.2. The summed E-state index contributed by atoms with van der Waals surface area (Å²) in [6, 6.07) is 12.0. The van der Waals surface area contributed by atoms with Crippen molar-refractivity contribution in [1.29, 1.82) is 0 Å². The molecule has 1 aliphatic carbocycles. The second-order valence-electron chi connectivity index (χ2n) is 10.2. The number of rotatable bonds is 10. The molecule has 1 saturated carbocycles. The molecule has 1 amide bonds. The van der Waals surface area contributed by atoms with E-state index in [1.165, 1.54) is 11.3 Å². The summed E-state index contributed by atoms with van der Waals surface area (Å²) in [5.41, 5.74) is 7.63. The van der Waals surface area contributed by atoms with Crippen molar-refractivity contribution in [3.8, 4) is 5.75 Å². The number of nitrogens with two attached hydrogens (primary N) is 1. The molecule has 0 saturated heterocycles. The predicted molar refractivity (Wildman–Crippen MR) is 150 cm³/mol. The Bertz CT molecular complexity index is 1330. The summed E-state index contributed by atoms with van der Waals surface area (Å²) in [5, 5.41) is 3.41. The van der Waals surface area contributed by atoms with Crippen molar-refractivity contribution < 1.29 is 17.4 Å². The van der Waals surface area contributed by atoms with Gasteiger partial charge in [-0.1, -0.05) is 38.0 Å². The first-order valence-electron chi connectivity index (χ1n) is 12.8. The van der Waals surface area contributed by atoms with E-state index in [4.69, 9.17) is 9.92 Å². The molecule has 4 rings (SSSR count). The van der Waals surface area contributed by atoms with E-state index in [2.05, 4.69) is 42.9 Å². The Morgan fingerprint density at radius 2 is 1.81 bits per heavy atom. The Labute approximate surface area is 223 Å². The second-order valence-corrected chi connectivity index (χ2v) is 12.8. The minimum absolute atomic E-state index is 0.00117. The lowest BCUT2D eigenvalue weighted by molar-refractivity contribution is -0.119. The molecule has 3 aromatic rings. The fraction of sp³-hybridized carbons (Fsp3) is 0.481. The van der Waals surface area contributed by atoms with Crippen LogP contribution < -0.4 is 20.1 Å². The lowest BCUT2D eigenvalue weighted by atomic mass is 10.00.